The van der Waals surface area contributed by atoms with Crippen molar-refractivity contribution < 1.29 is 9.53 Å². The molecule has 0 aliphatic carbocycles. The van der Waals surface area contributed by atoms with E-state index in [1.54, 1.807) is 25.1 Å². The maximum atomic E-state index is 11.6. The number of hydrogen-bond acceptors (Lipinski definition) is 4. The van der Waals surface area contributed by atoms with Crippen LogP contribution in [0.5, 0.6) is 5.75 Å². The summed E-state index contributed by atoms with van der Waals surface area (Å²) in [4.78, 5) is 13.1. The van der Waals surface area contributed by atoms with E-state index in [4.69, 9.17) is 4.74 Å². The number of aromatic nitrogens is 2. The molecule has 1 aromatic heterocycles. The van der Waals surface area contributed by atoms with Gasteiger partial charge in [0.1, 0.15) is 12.4 Å². The molecule has 1 heterocycles. The number of nitrogens with one attached hydrogen (secondary N) is 2. The van der Waals surface area contributed by atoms with Gasteiger partial charge in [-0.25, -0.2) is 0 Å². The minimum absolute atomic E-state index is 0.0186. The highest BCUT2D eigenvalue weighted by Gasteiger charge is 2.15. The molecule has 0 bridgehead atoms. The number of hydrogen-bond donors (Lipinski definition) is 2. The quantitative estimate of drug-likeness (QED) is 0.151. The van der Waals surface area contributed by atoms with Crippen LogP contribution in [0.25, 0.3) is 22.0 Å². The molecule has 0 saturated carbocycles. The Kier molecular flexibility index (Phi) is 9.11. The molecule has 196 valence electrons. The lowest BCUT2D eigenvalue weighted by molar-refractivity contribution is -0.123. The number of rotatable bonds is 11. The van der Waals surface area contributed by atoms with E-state index in [-0.39, 0.29) is 5.91 Å². The van der Waals surface area contributed by atoms with Gasteiger partial charge >= 0.3 is 0 Å². The van der Waals surface area contributed by atoms with Crippen molar-refractivity contribution in [3.63, 3.8) is 0 Å². The van der Waals surface area contributed by atoms with Crippen LogP contribution in [0.4, 0.5) is 0 Å². The normalized spacial score (nSPS) is 12.1. The van der Waals surface area contributed by atoms with Crippen LogP contribution in [0.15, 0.2) is 85.1 Å². The van der Waals surface area contributed by atoms with Gasteiger partial charge in [-0.1, -0.05) is 55.5 Å². The predicted octanol–water partition coefficient (Wildman–Crippen LogP) is 5.85. The van der Waals surface area contributed by atoms with Gasteiger partial charge in [-0.05, 0) is 71.0 Å². The fraction of sp³-hybridized carbons (Fsp3) is 0.250. The van der Waals surface area contributed by atoms with E-state index in [9.17, 15) is 4.79 Å². The Bertz CT molecular complexity index is 1430. The summed E-state index contributed by atoms with van der Waals surface area (Å²) < 4.78 is 5.96. The Morgan fingerprint density at radius 1 is 1.05 bits per heavy atom. The lowest BCUT2D eigenvalue weighted by Crippen LogP contribution is -2.22. The molecule has 0 aliphatic heterocycles. The average Bonchev–Trinajstić information content (AvgIpc) is 3.40. The van der Waals surface area contributed by atoms with Gasteiger partial charge in [-0.2, -0.15) is 5.10 Å². The molecule has 0 saturated heterocycles. The van der Waals surface area contributed by atoms with Gasteiger partial charge in [-0.3, -0.25) is 9.89 Å². The van der Waals surface area contributed by atoms with Gasteiger partial charge in [0.25, 0.3) is 0 Å². The standard InChI is InChI=1S/C32H36N4O2/c1-5-28(29-10-7-6-9-23(29)2)32(25-14-17-30-26(21-25)22-34-35-30)24-12-15-27(16-13-24)38-20-19-33-18-8-11-31(37)36(3)4/h6-17,21-22,33H,5,18-20H2,1-4H3,(H,34,35)/b11-8+,32-28+. The summed E-state index contributed by atoms with van der Waals surface area (Å²) in [5.41, 5.74) is 8.40. The average molecular weight is 509 g/mol. The molecule has 0 fully saturated rings. The number of benzene rings is 3. The van der Waals surface area contributed by atoms with Crippen molar-refractivity contribution in [2.75, 3.05) is 33.8 Å². The number of likely N-dealkylation sites (N-methyl/N-ethyl adjacent to an activating group) is 1. The first-order valence-corrected chi connectivity index (χ1v) is 13.0. The second kappa shape index (κ2) is 12.9. The monoisotopic (exact) mass is 508 g/mol. The van der Waals surface area contributed by atoms with Crippen LogP contribution in [0.1, 0.15) is 35.6 Å². The number of carbonyl (C=O) groups excluding carboxylic acids is 1. The van der Waals surface area contributed by atoms with Crippen LogP contribution in [0.2, 0.25) is 0 Å². The van der Waals surface area contributed by atoms with Crippen molar-refractivity contribution in [2.45, 2.75) is 20.3 Å². The highest BCUT2D eigenvalue weighted by molar-refractivity contribution is 6.00. The molecule has 4 rings (SSSR count). The second-order valence-electron chi connectivity index (χ2n) is 9.41. The molecule has 1 amide bonds. The molecule has 6 nitrogen and oxygen atoms in total. The first kappa shape index (κ1) is 26.9. The third-order valence-electron chi connectivity index (χ3n) is 6.51. The lowest BCUT2D eigenvalue weighted by Gasteiger charge is -2.18. The van der Waals surface area contributed by atoms with Crippen molar-refractivity contribution in [3.8, 4) is 5.75 Å². The summed E-state index contributed by atoms with van der Waals surface area (Å²) in [6.45, 7) is 6.23. The second-order valence-corrected chi connectivity index (χ2v) is 9.41. The van der Waals surface area contributed by atoms with Gasteiger partial charge in [0.2, 0.25) is 5.91 Å². The Labute approximate surface area is 225 Å². The van der Waals surface area contributed by atoms with Crippen LogP contribution in [0.3, 0.4) is 0 Å². The SMILES string of the molecule is CC/C(=C(/c1ccc(OCCNC/C=C/C(=O)N(C)C)cc1)c1ccc2[nH]ncc2c1)c1ccccc1C. The number of amides is 1. The molecule has 3 aromatic carbocycles. The Morgan fingerprint density at radius 2 is 1.82 bits per heavy atom. The van der Waals surface area contributed by atoms with Gasteiger partial charge in [-0.15, -0.1) is 0 Å². The molecule has 4 aromatic rings. The zero-order valence-electron chi connectivity index (χ0n) is 22.6. The highest BCUT2D eigenvalue weighted by atomic mass is 16.5. The first-order chi connectivity index (χ1) is 18.5. The number of fused-ring (bicyclic) bond motifs is 1. The van der Waals surface area contributed by atoms with E-state index in [2.05, 4.69) is 84.0 Å². The van der Waals surface area contributed by atoms with Crippen LogP contribution < -0.4 is 10.1 Å². The number of allylic oxidation sites excluding steroid dienone is 1. The molecule has 38 heavy (non-hydrogen) atoms. The van der Waals surface area contributed by atoms with E-state index < -0.39 is 0 Å². The maximum Gasteiger partial charge on any atom is 0.245 e. The summed E-state index contributed by atoms with van der Waals surface area (Å²) in [5.74, 6) is 0.808. The molecule has 0 unspecified atom stereocenters. The van der Waals surface area contributed by atoms with Gasteiger partial charge in [0, 0.05) is 38.6 Å². The predicted molar refractivity (Wildman–Crippen MR) is 156 cm³/mol. The summed E-state index contributed by atoms with van der Waals surface area (Å²) in [5, 5.41) is 11.6. The minimum Gasteiger partial charge on any atom is -0.492 e. The summed E-state index contributed by atoms with van der Waals surface area (Å²) in [6.07, 6.45) is 6.17. The fourth-order valence-corrected chi connectivity index (χ4v) is 4.48. The van der Waals surface area contributed by atoms with E-state index in [0.717, 1.165) is 34.2 Å². The molecular weight excluding hydrogens is 472 g/mol. The summed E-state index contributed by atoms with van der Waals surface area (Å²) >= 11 is 0. The van der Waals surface area contributed by atoms with E-state index in [1.165, 1.54) is 22.3 Å². The topological polar surface area (TPSA) is 70.2 Å². The Hall–Kier alpha value is -4.16. The van der Waals surface area contributed by atoms with Crippen molar-refractivity contribution >= 4 is 28.0 Å². The van der Waals surface area contributed by atoms with Gasteiger partial charge in [0.15, 0.2) is 0 Å². The zero-order valence-corrected chi connectivity index (χ0v) is 22.6. The molecular formula is C32H36N4O2. The van der Waals surface area contributed by atoms with E-state index in [0.29, 0.717) is 19.7 Å². The Morgan fingerprint density at radius 3 is 2.55 bits per heavy atom. The highest BCUT2D eigenvalue weighted by Crippen LogP contribution is 2.37. The maximum absolute atomic E-state index is 11.6. The molecule has 0 atom stereocenters. The lowest BCUT2D eigenvalue weighted by atomic mass is 9.86. The van der Waals surface area contributed by atoms with Crippen LogP contribution >= 0.6 is 0 Å². The molecule has 0 radical (unpaired) electrons. The third kappa shape index (κ3) is 6.58. The minimum atomic E-state index is -0.0186. The number of aromatic amines is 1. The first-order valence-electron chi connectivity index (χ1n) is 13.0. The van der Waals surface area contributed by atoms with Crippen molar-refractivity contribution in [1.82, 2.24) is 20.4 Å². The summed E-state index contributed by atoms with van der Waals surface area (Å²) in [6, 6.07) is 23.4. The van der Waals surface area contributed by atoms with E-state index >= 15 is 0 Å². The van der Waals surface area contributed by atoms with Crippen molar-refractivity contribution in [1.29, 1.82) is 0 Å². The van der Waals surface area contributed by atoms with Gasteiger partial charge in [0.05, 0.1) is 11.7 Å². The fourth-order valence-electron chi connectivity index (χ4n) is 4.48. The zero-order chi connectivity index (χ0) is 26.9. The van der Waals surface area contributed by atoms with Crippen molar-refractivity contribution in [3.05, 3.63) is 107 Å². The summed E-state index contributed by atoms with van der Waals surface area (Å²) in [7, 11) is 3.48. The van der Waals surface area contributed by atoms with Crippen LogP contribution in [-0.2, 0) is 4.79 Å². The number of aryl methyl sites for hydroxylation is 1. The number of H-pyrrole nitrogens is 1. The number of nitrogens with zero attached hydrogens (tertiary/aromatic N) is 2. The van der Waals surface area contributed by atoms with Crippen molar-refractivity contribution in [2.24, 2.45) is 0 Å². The molecule has 0 aliphatic rings. The van der Waals surface area contributed by atoms with Crippen LogP contribution in [-0.4, -0.2) is 54.8 Å². The number of ether oxygens (including phenoxy) is 1. The molecule has 0 spiro atoms. The molecule has 2 N–H and O–H groups in total. The number of carbonyl (C=O) groups is 1. The Balaban J connectivity index is 1.53. The molecule has 6 heteroatoms. The largest absolute Gasteiger partial charge is 0.492 e. The van der Waals surface area contributed by atoms with Crippen LogP contribution in [0, 0.1) is 6.92 Å². The van der Waals surface area contributed by atoms with E-state index in [1.807, 2.05) is 24.4 Å². The third-order valence-corrected chi connectivity index (χ3v) is 6.51. The smallest absolute Gasteiger partial charge is 0.245 e. The van der Waals surface area contributed by atoms with Gasteiger partial charge < -0.3 is 15.0 Å².